The first-order chi connectivity index (χ1) is 12.2. The molecule has 1 aliphatic rings. The average Bonchev–Trinajstić information content (AvgIpc) is 3.40. The van der Waals surface area contributed by atoms with Crippen molar-refractivity contribution in [3.8, 4) is 5.75 Å². The number of rotatable bonds is 6. The maximum atomic E-state index is 5.19. The summed E-state index contributed by atoms with van der Waals surface area (Å²) in [5.41, 5.74) is 4.11. The van der Waals surface area contributed by atoms with Crippen LogP contribution in [0.4, 0.5) is 0 Å². The molecule has 1 saturated carbocycles. The van der Waals surface area contributed by atoms with Crippen molar-refractivity contribution in [1.82, 2.24) is 10.6 Å². The third kappa shape index (κ3) is 4.53. The van der Waals surface area contributed by atoms with Gasteiger partial charge in [-0.15, -0.1) is 0 Å². The monoisotopic (exact) mass is 337 g/mol. The molecule has 25 heavy (non-hydrogen) atoms. The summed E-state index contributed by atoms with van der Waals surface area (Å²) in [4.78, 5) is 4.35. The summed E-state index contributed by atoms with van der Waals surface area (Å²) in [6.07, 6.45) is 2.13. The van der Waals surface area contributed by atoms with Gasteiger partial charge in [0.05, 0.1) is 7.11 Å². The molecule has 0 radical (unpaired) electrons. The van der Waals surface area contributed by atoms with E-state index in [0.717, 1.165) is 24.7 Å². The van der Waals surface area contributed by atoms with Crippen LogP contribution in [0.1, 0.15) is 29.0 Å². The van der Waals surface area contributed by atoms with E-state index in [1.807, 2.05) is 19.2 Å². The number of guanidine groups is 1. The Morgan fingerprint density at radius 1 is 1.16 bits per heavy atom. The first-order valence-corrected chi connectivity index (χ1v) is 8.87. The highest BCUT2D eigenvalue weighted by molar-refractivity contribution is 5.80. The van der Waals surface area contributed by atoms with Crippen molar-refractivity contribution in [3.05, 3.63) is 65.2 Å². The van der Waals surface area contributed by atoms with Gasteiger partial charge in [-0.25, -0.2) is 0 Å². The molecule has 0 bridgehead atoms. The Bertz CT molecular complexity index is 724. The number of methoxy groups -OCH3 is 1. The molecule has 1 aliphatic carbocycles. The molecule has 4 heteroatoms. The lowest BCUT2D eigenvalue weighted by molar-refractivity contribution is 0.414. The number of aryl methyl sites for hydroxylation is 1. The van der Waals surface area contributed by atoms with E-state index in [1.54, 1.807) is 7.11 Å². The van der Waals surface area contributed by atoms with Crippen LogP contribution in [-0.4, -0.2) is 32.7 Å². The lowest BCUT2D eigenvalue weighted by atomic mass is 10.0. The maximum absolute atomic E-state index is 5.19. The number of aliphatic imine (C=N–C) groups is 1. The van der Waals surface area contributed by atoms with Crippen molar-refractivity contribution in [2.75, 3.05) is 20.7 Å². The highest BCUT2D eigenvalue weighted by atomic mass is 16.5. The molecule has 3 rings (SSSR count). The highest BCUT2D eigenvalue weighted by Gasteiger charge is 2.39. The third-order valence-electron chi connectivity index (χ3n) is 4.79. The number of benzene rings is 2. The third-order valence-corrected chi connectivity index (χ3v) is 4.79. The lowest BCUT2D eigenvalue weighted by Crippen LogP contribution is -2.39. The van der Waals surface area contributed by atoms with Gasteiger partial charge in [-0.3, -0.25) is 4.99 Å². The Kier molecular flexibility index (Phi) is 5.59. The Morgan fingerprint density at radius 2 is 1.92 bits per heavy atom. The molecule has 2 atom stereocenters. The highest BCUT2D eigenvalue weighted by Crippen LogP contribution is 2.41. The van der Waals surface area contributed by atoms with Crippen LogP contribution in [0.5, 0.6) is 5.75 Å². The first-order valence-electron chi connectivity index (χ1n) is 8.87. The summed E-state index contributed by atoms with van der Waals surface area (Å²) >= 11 is 0. The summed E-state index contributed by atoms with van der Waals surface area (Å²) in [7, 11) is 3.52. The van der Waals surface area contributed by atoms with Gasteiger partial charge in [-0.2, -0.15) is 0 Å². The maximum Gasteiger partial charge on any atom is 0.191 e. The van der Waals surface area contributed by atoms with Crippen molar-refractivity contribution >= 4 is 5.96 Å². The topological polar surface area (TPSA) is 45.7 Å². The number of ether oxygens (including phenoxy) is 1. The molecule has 4 nitrogen and oxygen atoms in total. The van der Waals surface area contributed by atoms with Gasteiger partial charge in [0.15, 0.2) is 5.96 Å². The molecule has 0 amide bonds. The number of hydrogen-bond acceptors (Lipinski definition) is 2. The zero-order chi connectivity index (χ0) is 17.6. The summed E-state index contributed by atoms with van der Waals surface area (Å²) in [6.45, 7) is 3.04. The second-order valence-electron chi connectivity index (χ2n) is 6.55. The van der Waals surface area contributed by atoms with Crippen LogP contribution in [0, 0.1) is 6.92 Å². The molecule has 1 fully saturated rings. The normalized spacial score (nSPS) is 19.4. The van der Waals surface area contributed by atoms with Crippen molar-refractivity contribution in [2.45, 2.75) is 31.7 Å². The van der Waals surface area contributed by atoms with Gasteiger partial charge in [-0.05, 0) is 48.6 Å². The van der Waals surface area contributed by atoms with Gasteiger partial charge in [-0.1, -0.05) is 36.4 Å². The van der Waals surface area contributed by atoms with Crippen LogP contribution < -0.4 is 15.4 Å². The first kappa shape index (κ1) is 17.3. The molecule has 2 aromatic carbocycles. The van der Waals surface area contributed by atoms with E-state index in [9.17, 15) is 0 Å². The van der Waals surface area contributed by atoms with E-state index in [1.165, 1.54) is 23.1 Å². The van der Waals surface area contributed by atoms with Gasteiger partial charge >= 0.3 is 0 Å². The molecule has 0 aromatic heterocycles. The number of hydrogen-bond donors (Lipinski definition) is 2. The van der Waals surface area contributed by atoms with E-state index >= 15 is 0 Å². The van der Waals surface area contributed by atoms with E-state index in [-0.39, 0.29) is 0 Å². The average molecular weight is 337 g/mol. The standard InChI is InChI=1S/C21H27N3O/c1-15-6-4-5-7-18(15)19-14-20(19)24-21(22-2)23-13-12-16-8-10-17(25-3)11-9-16/h4-11,19-20H,12-14H2,1-3H3,(H2,22,23,24). The second-order valence-corrected chi connectivity index (χ2v) is 6.55. The van der Waals surface area contributed by atoms with E-state index < -0.39 is 0 Å². The lowest BCUT2D eigenvalue weighted by Gasteiger charge is -2.12. The molecular formula is C21H27N3O. The molecular weight excluding hydrogens is 310 g/mol. The Balaban J connectivity index is 1.45. The summed E-state index contributed by atoms with van der Waals surface area (Å²) in [5, 5.41) is 6.95. The van der Waals surface area contributed by atoms with Crippen LogP contribution in [0.15, 0.2) is 53.5 Å². The summed E-state index contributed by atoms with van der Waals surface area (Å²) in [5.74, 6) is 2.38. The van der Waals surface area contributed by atoms with Gasteiger partial charge in [0.2, 0.25) is 0 Å². The molecule has 0 spiro atoms. The van der Waals surface area contributed by atoms with Gasteiger partial charge < -0.3 is 15.4 Å². The molecule has 2 N–H and O–H groups in total. The molecule has 0 heterocycles. The van der Waals surface area contributed by atoms with Crippen LogP contribution in [0.25, 0.3) is 0 Å². The zero-order valence-electron chi connectivity index (χ0n) is 15.3. The van der Waals surface area contributed by atoms with Crippen molar-refractivity contribution in [3.63, 3.8) is 0 Å². The number of nitrogens with one attached hydrogen (secondary N) is 2. The van der Waals surface area contributed by atoms with Gasteiger partial charge in [0.1, 0.15) is 5.75 Å². The van der Waals surface area contributed by atoms with E-state index in [4.69, 9.17) is 4.74 Å². The molecule has 0 saturated heterocycles. The summed E-state index contributed by atoms with van der Waals surface area (Å²) < 4.78 is 5.19. The van der Waals surface area contributed by atoms with Crippen molar-refractivity contribution in [1.29, 1.82) is 0 Å². The Labute approximate surface area is 150 Å². The fourth-order valence-electron chi connectivity index (χ4n) is 3.19. The van der Waals surface area contributed by atoms with Gasteiger partial charge in [0.25, 0.3) is 0 Å². The predicted molar refractivity (Wildman–Crippen MR) is 104 cm³/mol. The molecule has 2 unspecified atom stereocenters. The smallest absolute Gasteiger partial charge is 0.191 e. The minimum atomic E-state index is 0.480. The van der Waals surface area contributed by atoms with E-state index in [2.05, 4.69) is 58.9 Å². The Hall–Kier alpha value is -2.49. The number of nitrogens with zero attached hydrogens (tertiary/aromatic N) is 1. The minimum absolute atomic E-state index is 0.480. The largest absolute Gasteiger partial charge is 0.497 e. The van der Waals surface area contributed by atoms with Crippen LogP contribution >= 0.6 is 0 Å². The van der Waals surface area contributed by atoms with Crippen LogP contribution in [0.3, 0.4) is 0 Å². The molecule has 2 aromatic rings. The van der Waals surface area contributed by atoms with Crippen molar-refractivity contribution < 1.29 is 4.74 Å². The second kappa shape index (κ2) is 8.06. The quantitative estimate of drug-likeness (QED) is 0.628. The molecule has 0 aliphatic heterocycles. The SMILES string of the molecule is CN=C(NCCc1ccc(OC)cc1)NC1CC1c1ccccc1C. The fourth-order valence-corrected chi connectivity index (χ4v) is 3.19. The van der Waals surface area contributed by atoms with Crippen LogP contribution in [-0.2, 0) is 6.42 Å². The Morgan fingerprint density at radius 3 is 2.60 bits per heavy atom. The minimum Gasteiger partial charge on any atom is -0.497 e. The molecule has 132 valence electrons. The van der Waals surface area contributed by atoms with Crippen molar-refractivity contribution in [2.24, 2.45) is 4.99 Å². The van der Waals surface area contributed by atoms with Crippen LogP contribution in [0.2, 0.25) is 0 Å². The van der Waals surface area contributed by atoms with Gasteiger partial charge in [0, 0.05) is 25.6 Å². The fraction of sp³-hybridized carbons (Fsp3) is 0.381. The predicted octanol–water partition coefficient (Wildman–Crippen LogP) is 3.27. The zero-order valence-corrected chi connectivity index (χ0v) is 15.3. The summed E-state index contributed by atoms with van der Waals surface area (Å²) in [6, 6.07) is 17.3. The van der Waals surface area contributed by atoms with E-state index in [0.29, 0.717) is 12.0 Å².